The van der Waals surface area contributed by atoms with E-state index in [1.807, 2.05) is 12.1 Å². The van der Waals surface area contributed by atoms with Crippen LogP contribution in [0, 0.1) is 5.92 Å². The average Bonchev–Trinajstić information content (AvgIpc) is 2.55. The molecule has 5 nitrogen and oxygen atoms in total. The molecule has 0 aliphatic heterocycles. The first-order valence-corrected chi connectivity index (χ1v) is 8.04. The number of hydrogen-bond donors (Lipinski definition) is 1. The molecule has 2 rings (SSSR count). The third-order valence-corrected chi connectivity index (χ3v) is 4.42. The molecule has 0 saturated heterocycles. The number of carboxylic acid groups (broad SMARTS) is 1. The van der Waals surface area contributed by atoms with Crippen LogP contribution in [-0.4, -0.2) is 29.4 Å². The van der Waals surface area contributed by atoms with Crippen molar-refractivity contribution >= 4 is 17.7 Å². The predicted octanol–water partition coefficient (Wildman–Crippen LogP) is 3.18. The van der Waals surface area contributed by atoms with Crippen molar-refractivity contribution in [1.82, 2.24) is 0 Å². The van der Waals surface area contributed by atoms with Gasteiger partial charge in [0.1, 0.15) is 0 Å². The number of carboxylic acids is 1. The van der Waals surface area contributed by atoms with Crippen molar-refractivity contribution in [2.24, 2.45) is 5.92 Å². The molecule has 124 valence electrons. The highest BCUT2D eigenvalue weighted by molar-refractivity contribution is 6.40. The zero-order valence-corrected chi connectivity index (χ0v) is 13.3. The van der Waals surface area contributed by atoms with Crippen LogP contribution >= 0.6 is 0 Å². The molecule has 1 N–H and O–H groups in total. The molecule has 0 amide bonds. The van der Waals surface area contributed by atoms with Gasteiger partial charge in [0.05, 0.1) is 6.61 Å². The Morgan fingerprint density at radius 2 is 1.70 bits per heavy atom. The number of benzene rings is 1. The van der Waals surface area contributed by atoms with Crippen LogP contribution in [-0.2, 0) is 14.3 Å². The molecular formula is C18H22O5. The van der Waals surface area contributed by atoms with E-state index in [2.05, 4.69) is 0 Å². The number of ketones is 1. The Labute approximate surface area is 135 Å². The molecule has 23 heavy (non-hydrogen) atoms. The zero-order valence-electron chi connectivity index (χ0n) is 13.3. The van der Waals surface area contributed by atoms with Crippen LogP contribution in [0.4, 0.5) is 0 Å². The topological polar surface area (TPSA) is 80.7 Å². The van der Waals surface area contributed by atoms with E-state index >= 15 is 0 Å². The molecule has 1 aromatic carbocycles. The second-order valence-electron chi connectivity index (χ2n) is 5.99. The summed E-state index contributed by atoms with van der Waals surface area (Å²) in [7, 11) is 0. The Morgan fingerprint density at radius 3 is 2.22 bits per heavy atom. The number of rotatable bonds is 6. The van der Waals surface area contributed by atoms with E-state index in [1.165, 1.54) is 0 Å². The molecule has 1 aliphatic rings. The van der Waals surface area contributed by atoms with E-state index in [4.69, 9.17) is 9.84 Å². The van der Waals surface area contributed by atoms with Gasteiger partial charge in [-0.05, 0) is 50.0 Å². The standard InChI is InChI=1S/C18H22O5/c1-2-23-18(22)17(21)15-9-7-14(8-10-15)13-5-3-12(4-6-13)11-16(19)20/h7-10,12-13H,2-6,11H2,1H3,(H,19,20)/t12-,13-. The van der Waals surface area contributed by atoms with Crippen LogP contribution in [0.2, 0.25) is 0 Å². The maximum atomic E-state index is 11.8. The lowest BCUT2D eigenvalue weighted by Crippen LogP contribution is -2.18. The summed E-state index contributed by atoms with van der Waals surface area (Å²) in [5, 5.41) is 8.84. The normalized spacial score (nSPS) is 20.7. The van der Waals surface area contributed by atoms with Crippen LogP contribution < -0.4 is 0 Å². The Morgan fingerprint density at radius 1 is 1.09 bits per heavy atom. The van der Waals surface area contributed by atoms with E-state index in [1.54, 1.807) is 19.1 Å². The summed E-state index contributed by atoms with van der Waals surface area (Å²) in [6.07, 6.45) is 4.01. The monoisotopic (exact) mass is 318 g/mol. The van der Waals surface area contributed by atoms with Crippen LogP contribution in [0.5, 0.6) is 0 Å². The summed E-state index contributed by atoms with van der Waals surface area (Å²) < 4.78 is 4.71. The maximum absolute atomic E-state index is 11.8. The summed E-state index contributed by atoms with van der Waals surface area (Å²) in [6, 6.07) is 7.10. The molecule has 0 heterocycles. The molecule has 1 aliphatic carbocycles. The SMILES string of the molecule is CCOC(=O)C(=O)c1ccc([C@H]2CC[C@H](CC(=O)O)CC2)cc1. The summed E-state index contributed by atoms with van der Waals surface area (Å²) in [4.78, 5) is 34.0. The van der Waals surface area contributed by atoms with Crippen molar-refractivity contribution in [3.63, 3.8) is 0 Å². The number of esters is 1. The van der Waals surface area contributed by atoms with Gasteiger partial charge in [0.15, 0.2) is 0 Å². The minimum absolute atomic E-state index is 0.183. The van der Waals surface area contributed by atoms with Crippen LogP contribution in [0.15, 0.2) is 24.3 Å². The van der Waals surface area contributed by atoms with Crippen molar-refractivity contribution in [1.29, 1.82) is 0 Å². The summed E-state index contributed by atoms with van der Waals surface area (Å²) in [5.74, 6) is -1.51. The van der Waals surface area contributed by atoms with E-state index in [0.717, 1.165) is 31.2 Å². The van der Waals surface area contributed by atoms with Crippen molar-refractivity contribution in [2.45, 2.75) is 44.9 Å². The molecule has 0 bridgehead atoms. The first kappa shape index (κ1) is 17.2. The minimum Gasteiger partial charge on any atom is -0.481 e. The van der Waals surface area contributed by atoms with Crippen LogP contribution in [0.1, 0.15) is 60.9 Å². The van der Waals surface area contributed by atoms with Crippen molar-refractivity contribution < 1.29 is 24.2 Å². The molecule has 0 atom stereocenters. The smallest absolute Gasteiger partial charge is 0.379 e. The fourth-order valence-electron chi connectivity index (χ4n) is 3.17. The first-order valence-electron chi connectivity index (χ1n) is 8.04. The number of carbonyl (C=O) groups is 3. The van der Waals surface area contributed by atoms with Gasteiger partial charge < -0.3 is 9.84 Å². The average molecular weight is 318 g/mol. The van der Waals surface area contributed by atoms with E-state index < -0.39 is 17.7 Å². The zero-order chi connectivity index (χ0) is 16.8. The van der Waals surface area contributed by atoms with E-state index in [9.17, 15) is 14.4 Å². The van der Waals surface area contributed by atoms with Crippen molar-refractivity contribution in [2.75, 3.05) is 6.61 Å². The molecule has 0 radical (unpaired) electrons. The summed E-state index contributed by atoms with van der Waals surface area (Å²) in [6.45, 7) is 1.84. The van der Waals surface area contributed by atoms with Gasteiger partial charge in [0.25, 0.3) is 5.78 Å². The molecule has 1 fully saturated rings. The number of carbonyl (C=O) groups excluding carboxylic acids is 2. The van der Waals surface area contributed by atoms with Gasteiger partial charge in [0, 0.05) is 12.0 Å². The third kappa shape index (κ3) is 4.65. The first-order chi connectivity index (χ1) is 11.0. The quantitative estimate of drug-likeness (QED) is 0.495. The van der Waals surface area contributed by atoms with Gasteiger partial charge in [-0.25, -0.2) is 4.79 Å². The maximum Gasteiger partial charge on any atom is 0.379 e. The molecular weight excluding hydrogens is 296 g/mol. The highest BCUT2D eigenvalue weighted by Gasteiger charge is 2.24. The minimum atomic E-state index is -0.825. The molecule has 1 saturated carbocycles. The summed E-state index contributed by atoms with van der Waals surface area (Å²) in [5.41, 5.74) is 1.48. The highest BCUT2D eigenvalue weighted by atomic mass is 16.5. The molecule has 0 spiro atoms. The number of aliphatic carboxylic acids is 1. The van der Waals surface area contributed by atoms with Crippen molar-refractivity contribution in [3.8, 4) is 0 Å². The molecule has 5 heteroatoms. The Hall–Kier alpha value is -2.17. The highest BCUT2D eigenvalue weighted by Crippen LogP contribution is 2.37. The molecule has 0 unspecified atom stereocenters. The second-order valence-corrected chi connectivity index (χ2v) is 5.99. The van der Waals surface area contributed by atoms with Gasteiger partial charge in [0.2, 0.25) is 0 Å². The van der Waals surface area contributed by atoms with Crippen LogP contribution in [0.3, 0.4) is 0 Å². The molecule has 0 aromatic heterocycles. The number of hydrogen-bond acceptors (Lipinski definition) is 4. The number of ether oxygens (including phenoxy) is 1. The Kier molecular flexibility index (Phi) is 5.90. The van der Waals surface area contributed by atoms with Gasteiger partial charge in [-0.2, -0.15) is 0 Å². The Balaban J connectivity index is 1.94. The lowest BCUT2D eigenvalue weighted by molar-refractivity contribution is -0.138. The lowest BCUT2D eigenvalue weighted by Gasteiger charge is -2.28. The van der Waals surface area contributed by atoms with E-state index in [-0.39, 0.29) is 18.9 Å². The van der Waals surface area contributed by atoms with Gasteiger partial charge in [-0.3, -0.25) is 9.59 Å². The fourth-order valence-corrected chi connectivity index (χ4v) is 3.17. The molecule has 1 aromatic rings. The largest absolute Gasteiger partial charge is 0.481 e. The van der Waals surface area contributed by atoms with E-state index in [0.29, 0.717) is 11.5 Å². The van der Waals surface area contributed by atoms with Crippen molar-refractivity contribution in [3.05, 3.63) is 35.4 Å². The van der Waals surface area contributed by atoms with Gasteiger partial charge in [-0.1, -0.05) is 24.3 Å². The third-order valence-electron chi connectivity index (χ3n) is 4.42. The predicted molar refractivity (Wildman–Crippen MR) is 84.4 cm³/mol. The lowest BCUT2D eigenvalue weighted by atomic mass is 9.77. The van der Waals surface area contributed by atoms with Gasteiger partial charge >= 0.3 is 11.9 Å². The second kappa shape index (κ2) is 7.90. The van der Waals surface area contributed by atoms with Gasteiger partial charge in [-0.15, -0.1) is 0 Å². The number of Topliss-reactive ketones (excluding diaryl/α,β-unsaturated/α-hetero) is 1. The Bertz CT molecular complexity index is 568. The summed E-state index contributed by atoms with van der Waals surface area (Å²) >= 11 is 0. The fraction of sp³-hybridized carbons (Fsp3) is 0.500. The van der Waals surface area contributed by atoms with Crippen LogP contribution in [0.25, 0.3) is 0 Å².